The van der Waals surface area contributed by atoms with Crippen LogP contribution in [0.25, 0.3) is 0 Å². The minimum absolute atomic E-state index is 0.0255. The number of piperidine rings is 1. The van der Waals surface area contributed by atoms with E-state index in [4.69, 9.17) is 17.3 Å². The fourth-order valence-electron chi connectivity index (χ4n) is 2.36. The van der Waals surface area contributed by atoms with E-state index in [-0.39, 0.29) is 22.4 Å². The molecular weight excluding hydrogens is 267 g/mol. The second kappa shape index (κ2) is 5.10. The summed E-state index contributed by atoms with van der Waals surface area (Å²) in [6.45, 7) is 5.27. The van der Waals surface area contributed by atoms with Crippen molar-refractivity contribution < 1.29 is 9.18 Å². The summed E-state index contributed by atoms with van der Waals surface area (Å²) in [5.74, 6) is -0.740. The van der Waals surface area contributed by atoms with Crippen LogP contribution in [-0.2, 0) is 0 Å². The third kappa shape index (κ3) is 2.90. The molecule has 0 aromatic heterocycles. The van der Waals surface area contributed by atoms with Gasteiger partial charge in [-0.15, -0.1) is 0 Å². The Morgan fingerprint density at radius 1 is 1.53 bits per heavy atom. The number of benzene rings is 1. The molecule has 1 saturated heterocycles. The first-order chi connectivity index (χ1) is 8.81. The van der Waals surface area contributed by atoms with Crippen molar-refractivity contribution in [1.82, 2.24) is 4.90 Å². The first-order valence-electron chi connectivity index (χ1n) is 6.31. The highest BCUT2D eigenvalue weighted by molar-refractivity contribution is 6.30. The van der Waals surface area contributed by atoms with Gasteiger partial charge in [0.2, 0.25) is 0 Å². The fraction of sp³-hybridized carbons (Fsp3) is 0.500. The monoisotopic (exact) mass is 284 g/mol. The highest BCUT2D eigenvalue weighted by Gasteiger charge is 2.35. The molecule has 0 spiro atoms. The van der Waals surface area contributed by atoms with Crippen LogP contribution >= 0.6 is 11.6 Å². The van der Waals surface area contributed by atoms with Crippen molar-refractivity contribution in [2.75, 3.05) is 13.1 Å². The van der Waals surface area contributed by atoms with Crippen molar-refractivity contribution >= 4 is 17.5 Å². The Kier molecular flexibility index (Phi) is 3.83. The lowest BCUT2D eigenvalue weighted by atomic mass is 9.79. The van der Waals surface area contributed by atoms with Gasteiger partial charge in [-0.05, 0) is 30.0 Å². The predicted octanol–water partition coefficient (Wildman–Crippen LogP) is 2.68. The van der Waals surface area contributed by atoms with E-state index in [1.807, 2.05) is 13.8 Å². The molecule has 5 heteroatoms. The summed E-state index contributed by atoms with van der Waals surface area (Å²) in [7, 11) is 0. The van der Waals surface area contributed by atoms with Crippen molar-refractivity contribution in [3.8, 4) is 0 Å². The zero-order chi connectivity index (χ0) is 14.2. The number of carbonyl (C=O) groups is 1. The molecule has 0 saturated carbocycles. The van der Waals surface area contributed by atoms with Gasteiger partial charge in [0.1, 0.15) is 5.82 Å². The van der Waals surface area contributed by atoms with Crippen molar-refractivity contribution in [3.63, 3.8) is 0 Å². The van der Waals surface area contributed by atoms with Crippen molar-refractivity contribution in [2.24, 2.45) is 11.1 Å². The maximum atomic E-state index is 13.4. The average molecular weight is 285 g/mol. The van der Waals surface area contributed by atoms with Crippen molar-refractivity contribution in [2.45, 2.75) is 26.3 Å². The Hall–Kier alpha value is -1.13. The molecule has 1 amide bonds. The zero-order valence-electron chi connectivity index (χ0n) is 11.1. The summed E-state index contributed by atoms with van der Waals surface area (Å²) < 4.78 is 13.4. The molecule has 1 aromatic rings. The quantitative estimate of drug-likeness (QED) is 0.862. The topological polar surface area (TPSA) is 46.3 Å². The number of nitrogens with zero attached hydrogens (tertiary/aromatic N) is 1. The largest absolute Gasteiger partial charge is 0.338 e. The van der Waals surface area contributed by atoms with Crippen LogP contribution in [0.15, 0.2) is 18.2 Å². The van der Waals surface area contributed by atoms with Gasteiger partial charge in [-0.1, -0.05) is 25.4 Å². The molecule has 1 aliphatic heterocycles. The maximum absolute atomic E-state index is 13.4. The fourth-order valence-corrected chi connectivity index (χ4v) is 2.48. The smallest absolute Gasteiger partial charge is 0.253 e. The van der Waals surface area contributed by atoms with Crippen LogP contribution in [0, 0.1) is 11.2 Å². The van der Waals surface area contributed by atoms with Crippen LogP contribution in [0.3, 0.4) is 0 Å². The number of halogens is 2. The molecule has 104 valence electrons. The summed E-state index contributed by atoms with van der Waals surface area (Å²) >= 11 is 5.62. The van der Waals surface area contributed by atoms with Gasteiger partial charge in [-0.25, -0.2) is 4.39 Å². The zero-order valence-corrected chi connectivity index (χ0v) is 11.9. The number of likely N-dealkylation sites (tertiary alicyclic amines) is 1. The van der Waals surface area contributed by atoms with Crippen LogP contribution in [0.5, 0.6) is 0 Å². The van der Waals surface area contributed by atoms with Crippen molar-refractivity contribution in [1.29, 1.82) is 0 Å². The summed E-state index contributed by atoms with van der Waals surface area (Å²) in [6.07, 6.45) is 0.759. The minimum atomic E-state index is -0.569. The lowest BCUT2D eigenvalue weighted by molar-refractivity contribution is 0.0532. The van der Waals surface area contributed by atoms with E-state index in [1.54, 1.807) is 11.0 Å². The Balaban J connectivity index is 2.18. The number of nitrogens with two attached hydrogens (primary N) is 1. The molecule has 1 unspecified atom stereocenters. The summed E-state index contributed by atoms with van der Waals surface area (Å²) in [5.41, 5.74) is 6.24. The average Bonchev–Trinajstić information content (AvgIpc) is 2.35. The Morgan fingerprint density at radius 2 is 2.21 bits per heavy atom. The Labute approximate surface area is 117 Å². The molecular formula is C14H18ClFN2O. The SMILES string of the molecule is CC1(C)CN(C(=O)c2ccc(Cl)c(F)c2)CCC1N. The van der Waals surface area contributed by atoms with Gasteiger partial charge in [0.15, 0.2) is 0 Å². The highest BCUT2D eigenvalue weighted by atomic mass is 35.5. The lowest BCUT2D eigenvalue weighted by Gasteiger charge is -2.42. The third-order valence-corrected chi connectivity index (χ3v) is 4.07. The highest BCUT2D eigenvalue weighted by Crippen LogP contribution is 2.29. The second-order valence-corrected chi connectivity index (χ2v) is 6.15. The molecule has 0 bridgehead atoms. The minimum Gasteiger partial charge on any atom is -0.338 e. The molecule has 3 nitrogen and oxygen atoms in total. The summed E-state index contributed by atoms with van der Waals surface area (Å²) in [5, 5.41) is 0.0255. The van der Waals surface area contributed by atoms with Crippen LogP contribution in [0.1, 0.15) is 30.6 Å². The normalized spacial score (nSPS) is 22.4. The van der Waals surface area contributed by atoms with E-state index in [9.17, 15) is 9.18 Å². The molecule has 1 heterocycles. The lowest BCUT2D eigenvalue weighted by Crippen LogP contribution is -2.54. The molecule has 2 rings (SSSR count). The van der Waals surface area contributed by atoms with E-state index in [1.165, 1.54) is 12.1 Å². The second-order valence-electron chi connectivity index (χ2n) is 5.74. The number of hydrogen-bond donors (Lipinski definition) is 1. The third-order valence-electron chi connectivity index (χ3n) is 3.77. The van der Waals surface area contributed by atoms with Gasteiger partial charge in [0, 0.05) is 24.7 Å². The van der Waals surface area contributed by atoms with Crippen LogP contribution in [-0.4, -0.2) is 29.9 Å². The first-order valence-corrected chi connectivity index (χ1v) is 6.69. The van der Waals surface area contributed by atoms with E-state index >= 15 is 0 Å². The van der Waals surface area contributed by atoms with Crippen molar-refractivity contribution in [3.05, 3.63) is 34.6 Å². The number of carbonyl (C=O) groups excluding carboxylic acids is 1. The van der Waals surface area contributed by atoms with Crippen LogP contribution in [0.2, 0.25) is 5.02 Å². The number of hydrogen-bond acceptors (Lipinski definition) is 2. The standard InChI is InChI=1S/C14H18ClFN2O/c1-14(2)8-18(6-5-12(14)17)13(19)9-3-4-10(15)11(16)7-9/h3-4,7,12H,5-6,8,17H2,1-2H3. The van der Waals surface area contributed by atoms with Gasteiger partial charge in [-0.2, -0.15) is 0 Å². The molecule has 1 atom stereocenters. The van der Waals surface area contributed by atoms with E-state index < -0.39 is 5.82 Å². The molecule has 19 heavy (non-hydrogen) atoms. The molecule has 0 aliphatic carbocycles. The Morgan fingerprint density at radius 3 is 2.79 bits per heavy atom. The summed E-state index contributed by atoms with van der Waals surface area (Å²) in [4.78, 5) is 14.1. The van der Waals surface area contributed by atoms with Gasteiger partial charge in [0.25, 0.3) is 5.91 Å². The van der Waals surface area contributed by atoms with Gasteiger partial charge < -0.3 is 10.6 Å². The molecule has 1 aliphatic rings. The molecule has 0 radical (unpaired) electrons. The van der Waals surface area contributed by atoms with Crippen LogP contribution < -0.4 is 5.73 Å². The van der Waals surface area contributed by atoms with Gasteiger partial charge in [0.05, 0.1) is 5.02 Å². The first kappa shape index (κ1) is 14.3. The summed E-state index contributed by atoms with van der Waals surface area (Å²) in [6, 6.07) is 4.23. The molecule has 1 aromatic carbocycles. The number of rotatable bonds is 1. The molecule has 1 fully saturated rings. The van der Waals surface area contributed by atoms with E-state index in [2.05, 4.69) is 0 Å². The van der Waals surface area contributed by atoms with Crippen LogP contribution in [0.4, 0.5) is 4.39 Å². The number of amides is 1. The predicted molar refractivity (Wildman–Crippen MR) is 73.7 cm³/mol. The Bertz CT molecular complexity index is 504. The van der Waals surface area contributed by atoms with E-state index in [0.29, 0.717) is 18.7 Å². The van der Waals surface area contributed by atoms with Gasteiger partial charge in [-0.3, -0.25) is 4.79 Å². The van der Waals surface area contributed by atoms with E-state index in [0.717, 1.165) is 6.42 Å². The maximum Gasteiger partial charge on any atom is 0.253 e. The molecule has 2 N–H and O–H groups in total. The van der Waals surface area contributed by atoms with Gasteiger partial charge >= 0.3 is 0 Å².